The lowest BCUT2D eigenvalue weighted by atomic mass is 10.1. The molecule has 0 saturated heterocycles. The highest BCUT2D eigenvalue weighted by molar-refractivity contribution is 9.08. The summed E-state index contributed by atoms with van der Waals surface area (Å²) in [5, 5.41) is 9.30. The highest BCUT2D eigenvalue weighted by Gasteiger charge is 2.09. The number of hydrogen-bond donors (Lipinski definition) is 0. The summed E-state index contributed by atoms with van der Waals surface area (Å²) < 4.78 is 2.26. The number of hydrogen-bond acceptors (Lipinski definition) is 2. The Bertz CT molecular complexity index is 296. The zero-order chi connectivity index (χ0) is 11.8. The van der Waals surface area contributed by atoms with Crippen molar-refractivity contribution in [2.45, 2.75) is 64.2 Å². The maximum absolute atomic E-state index is 4.29. The van der Waals surface area contributed by atoms with Gasteiger partial charge >= 0.3 is 0 Å². The second kappa shape index (κ2) is 7.82. The van der Waals surface area contributed by atoms with Gasteiger partial charge in [-0.25, -0.2) is 0 Å². The van der Waals surface area contributed by atoms with Crippen molar-refractivity contribution >= 4 is 15.9 Å². The van der Waals surface area contributed by atoms with Gasteiger partial charge in [0.25, 0.3) is 0 Å². The Hall–Kier alpha value is -0.380. The molecule has 0 saturated carbocycles. The Morgan fingerprint density at radius 3 is 2.38 bits per heavy atom. The van der Waals surface area contributed by atoms with Crippen molar-refractivity contribution in [2.24, 2.45) is 0 Å². The molecule has 0 aliphatic rings. The van der Waals surface area contributed by atoms with Crippen molar-refractivity contribution in [1.82, 2.24) is 14.8 Å². The summed E-state index contributed by atoms with van der Waals surface area (Å²) in [5.41, 5.74) is 0. The molecule has 4 heteroatoms. The summed E-state index contributed by atoms with van der Waals surface area (Å²) in [5.74, 6) is 2.22. The van der Waals surface area contributed by atoms with Gasteiger partial charge in [0.05, 0.1) is 5.33 Å². The predicted molar refractivity (Wildman–Crippen MR) is 70.8 cm³/mol. The van der Waals surface area contributed by atoms with Crippen molar-refractivity contribution in [2.75, 3.05) is 0 Å². The van der Waals surface area contributed by atoms with Gasteiger partial charge in [-0.1, -0.05) is 49.0 Å². The van der Waals surface area contributed by atoms with Gasteiger partial charge in [-0.15, -0.1) is 10.2 Å². The third kappa shape index (κ3) is 3.89. The van der Waals surface area contributed by atoms with Crippen LogP contribution >= 0.6 is 15.9 Å². The van der Waals surface area contributed by atoms with Crippen LogP contribution < -0.4 is 0 Å². The fourth-order valence-corrected chi connectivity index (χ4v) is 2.26. The Kier molecular flexibility index (Phi) is 6.69. The average Bonchev–Trinajstić information content (AvgIpc) is 2.68. The maximum Gasteiger partial charge on any atom is 0.143 e. The van der Waals surface area contributed by atoms with E-state index in [1.54, 1.807) is 0 Å². The molecule has 0 aliphatic heterocycles. The van der Waals surface area contributed by atoms with Crippen LogP contribution in [0, 0.1) is 0 Å². The van der Waals surface area contributed by atoms with Crippen LogP contribution in [-0.4, -0.2) is 14.8 Å². The van der Waals surface area contributed by atoms with Crippen molar-refractivity contribution in [1.29, 1.82) is 0 Å². The van der Waals surface area contributed by atoms with E-state index in [1.165, 1.54) is 25.7 Å². The highest BCUT2D eigenvalue weighted by atomic mass is 79.9. The molecule has 0 fully saturated rings. The van der Waals surface area contributed by atoms with Gasteiger partial charge in [0, 0.05) is 13.0 Å². The molecular weight excluding hydrogens is 266 g/mol. The van der Waals surface area contributed by atoms with E-state index < -0.39 is 0 Å². The molecule has 16 heavy (non-hydrogen) atoms. The van der Waals surface area contributed by atoms with Gasteiger partial charge in [0.1, 0.15) is 11.6 Å². The standard InChI is InChI=1S/C12H22BrN3/c1-3-5-6-7-8-11-14-15-12(10-13)16(11)9-4-2/h3-10H2,1-2H3. The zero-order valence-corrected chi connectivity index (χ0v) is 12.0. The fourth-order valence-electron chi connectivity index (χ4n) is 1.85. The summed E-state index contributed by atoms with van der Waals surface area (Å²) in [6.07, 6.45) is 7.36. The number of unbranched alkanes of at least 4 members (excludes halogenated alkanes) is 3. The number of aromatic nitrogens is 3. The molecular formula is C12H22BrN3. The molecule has 1 heterocycles. The normalized spacial score (nSPS) is 10.9. The quantitative estimate of drug-likeness (QED) is 0.539. The minimum Gasteiger partial charge on any atom is -0.314 e. The third-order valence-corrected chi connectivity index (χ3v) is 3.23. The van der Waals surface area contributed by atoms with Gasteiger partial charge in [-0.05, 0) is 12.8 Å². The molecule has 3 nitrogen and oxygen atoms in total. The number of halogens is 1. The second-order valence-electron chi connectivity index (χ2n) is 4.13. The van der Waals surface area contributed by atoms with Crippen LogP contribution in [0.5, 0.6) is 0 Å². The van der Waals surface area contributed by atoms with Crippen molar-refractivity contribution < 1.29 is 0 Å². The topological polar surface area (TPSA) is 30.7 Å². The molecule has 92 valence electrons. The summed E-state index contributed by atoms with van der Waals surface area (Å²) in [6, 6.07) is 0. The zero-order valence-electron chi connectivity index (χ0n) is 10.4. The Balaban J connectivity index is 2.53. The molecule has 0 spiro atoms. The smallest absolute Gasteiger partial charge is 0.143 e. The van der Waals surface area contributed by atoms with E-state index in [1.807, 2.05) is 0 Å². The Morgan fingerprint density at radius 2 is 1.75 bits per heavy atom. The van der Waals surface area contributed by atoms with Gasteiger partial charge in [-0.2, -0.15) is 0 Å². The molecule has 0 amide bonds. The van der Waals surface area contributed by atoms with E-state index in [0.29, 0.717) is 0 Å². The van der Waals surface area contributed by atoms with Crippen LogP contribution in [0.4, 0.5) is 0 Å². The summed E-state index contributed by atoms with van der Waals surface area (Å²) in [4.78, 5) is 0. The molecule has 0 bridgehead atoms. The summed E-state index contributed by atoms with van der Waals surface area (Å²) in [7, 11) is 0. The number of alkyl halides is 1. The first kappa shape index (κ1) is 13.7. The molecule has 0 N–H and O–H groups in total. The number of nitrogens with zero attached hydrogens (tertiary/aromatic N) is 3. The Labute approximate surface area is 107 Å². The van der Waals surface area contributed by atoms with Crippen LogP contribution in [0.25, 0.3) is 0 Å². The van der Waals surface area contributed by atoms with E-state index in [0.717, 1.165) is 36.4 Å². The average molecular weight is 288 g/mol. The first-order chi connectivity index (χ1) is 7.83. The van der Waals surface area contributed by atoms with Gasteiger partial charge in [0.2, 0.25) is 0 Å². The monoisotopic (exact) mass is 287 g/mol. The van der Waals surface area contributed by atoms with Crippen molar-refractivity contribution in [3.05, 3.63) is 11.6 Å². The SMILES string of the molecule is CCCCCCc1nnc(CBr)n1CCC. The lowest BCUT2D eigenvalue weighted by Crippen LogP contribution is -2.06. The van der Waals surface area contributed by atoms with Crippen LogP contribution in [0.15, 0.2) is 0 Å². The number of rotatable bonds is 8. The van der Waals surface area contributed by atoms with Crippen LogP contribution in [0.3, 0.4) is 0 Å². The Morgan fingerprint density at radius 1 is 1.00 bits per heavy atom. The molecule has 1 aromatic heterocycles. The van der Waals surface area contributed by atoms with E-state index >= 15 is 0 Å². The second-order valence-corrected chi connectivity index (χ2v) is 4.69. The van der Waals surface area contributed by atoms with E-state index in [9.17, 15) is 0 Å². The molecule has 0 aromatic carbocycles. The van der Waals surface area contributed by atoms with Crippen LogP contribution in [-0.2, 0) is 18.3 Å². The largest absolute Gasteiger partial charge is 0.314 e. The lowest BCUT2D eigenvalue weighted by Gasteiger charge is -2.07. The summed E-state index contributed by atoms with van der Waals surface area (Å²) in [6.45, 7) is 5.47. The lowest BCUT2D eigenvalue weighted by molar-refractivity contribution is 0.589. The first-order valence-corrected chi connectivity index (χ1v) is 7.42. The molecule has 0 radical (unpaired) electrons. The van der Waals surface area contributed by atoms with Gasteiger partial charge < -0.3 is 4.57 Å². The first-order valence-electron chi connectivity index (χ1n) is 6.30. The van der Waals surface area contributed by atoms with Gasteiger partial charge in [-0.3, -0.25) is 0 Å². The predicted octanol–water partition coefficient (Wildman–Crippen LogP) is 3.71. The molecule has 0 atom stereocenters. The van der Waals surface area contributed by atoms with Gasteiger partial charge in [0.15, 0.2) is 0 Å². The van der Waals surface area contributed by atoms with E-state index in [-0.39, 0.29) is 0 Å². The third-order valence-electron chi connectivity index (χ3n) is 2.72. The van der Waals surface area contributed by atoms with Crippen molar-refractivity contribution in [3.8, 4) is 0 Å². The van der Waals surface area contributed by atoms with E-state index in [2.05, 4.69) is 44.5 Å². The van der Waals surface area contributed by atoms with E-state index in [4.69, 9.17) is 0 Å². The maximum atomic E-state index is 4.29. The summed E-state index contributed by atoms with van der Waals surface area (Å²) >= 11 is 3.46. The van der Waals surface area contributed by atoms with Crippen LogP contribution in [0.1, 0.15) is 57.6 Å². The molecule has 1 rings (SSSR count). The molecule has 0 aliphatic carbocycles. The number of aryl methyl sites for hydroxylation is 1. The minimum atomic E-state index is 0.801. The fraction of sp³-hybridized carbons (Fsp3) is 0.833. The van der Waals surface area contributed by atoms with Crippen molar-refractivity contribution in [3.63, 3.8) is 0 Å². The molecule has 1 aromatic rings. The minimum absolute atomic E-state index is 0.801. The van der Waals surface area contributed by atoms with Crippen LogP contribution in [0.2, 0.25) is 0 Å². The highest BCUT2D eigenvalue weighted by Crippen LogP contribution is 2.11. The molecule has 0 unspecified atom stereocenters.